The average Bonchev–Trinajstić information content (AvgIpc) is 2.74. The number of amides is 1. The highest BCUT2D eigenvalue weighted by molar-refractivity contribution is 5.97. The van der Waals surface area contributed by atoms with Gasteiger partial charge in [0, 0.05) is 24.2 Å². The maximum Gasteiger partial charge on any atom is 0.228 e. The number of hydrogen-bond donors (Lipinski definition) is 1. The topological polar surface area (TPSA) is 41.6 Å². The van der Waals surface area contributed by atoms with Crippen molar-refractivity contribution in [2.75, 3.05) is 18.6 Å². The molecule has 19 heavy (non-hydrogen) atoms. The third-order valence-corrected chi connectivity index (χ3v) is 3.96. The molecule has 0 saturated carbocycles. The molecule has 1 N–H and O–H groups in total. The van der Waals surface area contributed by atoms with Crippen LogP contribution >= 0.6 is 0 Å². The van der Waals surface area contributed by atoms with Crippen LogP contribution in [0.5, 0.6) is 5.75 Å². The quantitative estimate of drug-likeness (QED) is 0.884. The number of rotatable bonds is 2. The van der Waals surface area contributed by atoms with Crippen molar-refractivity contribution in [3.8, 4) is 5.75 Å². The van der Waals surface area contributed by atoms with E-state index < -0.39 is 5.82 Å². The van der Waals surface area contributed by atoms with Crippen LogP contribution in [-0.2, 0) is 4.79 Å². The van der Waals surface area contributed by atoms with Crippen LogP contribution in [0.2, 0.25) is 0 Å². The van der Waals surface area contributed by atoms with Crippen molar-refractivity contribution in [2.24, 2.45) is 0 Å². The van der Waals surface area contributed by atoms with Crippen LogP contribution in [0.4, 0.5) is 10.1 Å². The fourth-order valence-electron chi connectivity index (χ4n) is 3.07. The lowest BCUT2D eigenvalue weighted by Crippen LogP contribution is -2.47. The van der Waals surface area contributed by atoms with E-state index in [1.54, 1.807) is 17.0 Å². The molecule has 2 heterocycles. The summed E-state index contributed by atoms with van der Waals surface area (Å²) < 4.78 is 18.7. The summed E-state index contributed by atoms with van der Waals surface area (Å²) in [5.74, 6) is -0.164. The molecule has 1 aromatic carbocycles. The van der Waals surface area contributed by atoms with Gasteiger partial charge in [-0.15, -0.1) is 0 Å². The molecule has 1 aromatic rings. The van der Waals surface area contributed by atoms with Crippen molar-refractivity contribution in [1.82, 2.24) is 5.32 Å². The van der Waals surface area contributed by atoms with E-state index in [1.165, 1.54) is 13.2 Å². The number of hydrogen-bond acceptors (Lipinski definition) is 3. The second kappa shape index (κ2) is 4.81. The molecular formula is C14H17FN2O2. The number of nitrogens with zero attached hydrogens (tertiary/aromatic N) is 1. The number of anilines is 1. The van der Waals surface area contributed by atoms with Crippen molar-refractivity contribution in [3.05, 3.63) is 24.0 Å². The molecule has 3 rings (SSSR count). The second-order valence-electron chi connectivity index (χ2n) is 5.06. The number of ether oxygens (including phenoxy) is 1. The maximum atomic E-state index is 13.8. The van der Waals surface area contributed by atoms with Gasteiger partial charge < -0.3 is 15.0 Å². The molecule has 2 fully saturated rings. The van der Waals surface area contributed by atoms with E-state index >= 15 is 0 Å². The van der Waals surface area contributed by atoms with Gasteiger partial charge in [-0.1, -0.05) is 0 Å². The van der Waals surface area contributed by atoms with E-state index in [0.717, 1.165) is 19.4 Å². The molecule has 2 aliphatic rings. The Morgan fingerprint density at radius 1 is 1.47 bits per heavy atom. The molecular weight excluding hydrogens is 247 g/mol. The lowest BCUT2D eigenvalue weighted by molar-refractivity contribution is -0.117. The first kappa shape index (κ1) is 12.4. The second-order valence-corrected chi connectivity index (χ2v) is 5.06. The minimum Gasteiger partial charge on any atom is -0.494 e. The van der Waals surface area contributed by atoms with Crippen LogP contribution in [0.3, 0.4) is 0 Å². The van der Waals surface area contributed by atoms with E-state index in [9.17, 15) is 9.18 Å². The van der Waals surface area contributed by atoms with Crippen LogP contribution in [0.1, 0.15) is 19.3 Å². The predicted octanol–water partition coefficient (Wildman–Crippen LogP) is 1.69. The van der Waals surface area contributed by atoms with Crippen molar-refractivity contribution < 1.29 is 13.9 Å². The molecule has 0 aromatic heterocycles. The third-order valence-electron chi connectivity index (χ3n) is 3.96. The minimum atomic E-state index is -0.431. The molecule has 0 radical (unpaired) electrons. The highest BCUT2D eigenvalue weighted by Gasteiger charge is 2.41. The predicted molar refractivity (Wildman–Crippen MR) is 69.9 cm³/mol. The number of methoxy groups -OCH3 is 1. The van der Waals surface area contributed by atoms with Gasteiger partial charge in [0.15, 0.2) is 11.6 Å². The van der Waals surface area contributed by atoms with Crippen molar-refractivity contribution in [3.63, 3.8) is 0 Å². The normalized spacial score (nSPS) is 26.4. The van der Waals surface area contributed by atoms with Crippen molar-refractivity contribution in [2.45, 2.75) is 31.3 Å². The lowest BCUT2D eigenvalue weighted by atomic mass is 9.99. The van der Waals surface area contributed by atoms with E-state index in [-0.39, 0.29) is 23.7 Å². The molecule has 0 aliphatic carbocycles. The van der Waals surface area contributed by atoms with Crippen LogP contribution < -0.4 is 15.0 Å². The van der Waals surface area contributed by atoms with Gasteiger partial charge in [0.05, 0.1) is 13.2 Å². The standard InChI is InChI=1S/C14H17FN2O2/c1-19-13-5-4-9(7-10(13)15)17-12-3-2-6-16-11(12)8-14(17)18/h4-5,7,11-12,16H,2-3,6,8H2,1H3. The fraction of sp³-hybridized carbons (Fsp3) is 0.500. The fourth-order valence-corrected chi connectivity index (χ4v) is 3.07. The van der Waals surface area contributed by atoms with Gasteiger partial charge in [-0.2, -0.15) is 0 Å². The third kappa shape index (κ3) is 2.08. The highest BCUT2D eigenvalue weighted by atomic mass is 19.1. The van der Waals surface area contributed by atoms with Gasteiger partial charge >= 0.3 is 0 Å². The molecule has 2 saturated heterocycles. The molecule has 1 amide bonds. The number of nitrogens with one attached hydrogen (secondary N) is 1. The minimum absolute atomic E-state index is 0.0639. The van der Waals surface area contributed by atoms with Gasteiger partial charge in [-0.25, -0.2) is 4.39 Å². The highest BCUT2D eigenvalue weighted by Crippen LogP contribution is 2.33. The van der Waals surface area contributed by atoms with Gasteiger partial charge in [-0.05, 0) is 31.5 Å². The molecule has 0 bridgehead atoms. The van der Waals surface area contributed by atoms with Crippen LogP contribution in [0.15, 0.2) is 18.2 Å². The molecule has 5 heteroatoms. The van der Waals surface area contributed by atoms with Gasteiger partial charge in [0.1, 0.15) is 0 Å². The zero-order valence-electron chi connectivity index (χ0n) is 10.9. The number of fused-ring (bicyclic) bond motifs is 1. The molecule has 2 atom stereocenters. The van der Waals surface area contributed by atoms with Gasteiger partial charge in [0.2, 0.25) is 5.91 Å². The summed E-state index contributed by atoms with van der Waals surface area (Å²) in [6, 6.07) is 5.05. The Labute approximate surface area is 111 Å². The first-order valence-corrected chi connectivity index (χ1v) is 6.59. The number of piperidine rings is 1. The van der Waals surface area contributed by atoms with Gasteiger partial charge in [0.25, 0.3) is 0 Å². The van der Waals surface area contributed by atoms with Crippen LogP contribution in [-0.4, -0.2) is 31.6 Å². The van der Waals surface area contributed by atoms with E-state index in [2.05, 4.69) is 5.32 Å². The van der Waals surface area contributed by atoms with Crippen LogP contribution in [0.25, 0.3) is 0 Å². The monoisotopic (exact) mass is 264 g/mol. The number of benzene rings is 1. The number of halogens is 1. The molecule has 2 aliphatic heterocycles. The summed E-state index contributed by atoms with van der Waals surface area (Å²) in [6.07, 6.45) is 2.51. The first-order chi connectivity index (χ1) is 9.20. The Morgan fingerprint density at radius 3 is 3.05 bits per heavy atom. The Balaban J connectivity index is 1.92. The summed E-state index contributed by atoms with van der Waals surface area (Å²) >= 11 is 0. The molecule has 2 unspecified atom stereocenters. The molecule has 0 spiro atoms. The Morgan fingerprint density at radius 2 is 2.32 bits per heavy atom. The zero-order chi connectivity index (χ0) is 13.4. The van der Waals surface area contributed by atoms with E-state index in [1.807, 2.05) is 0 Å². The zero-order valence-corrected chi connectivity index (χ0v) is 10.9. The number of carbonyl (C=O) groups excluding carboxylic acids is 1. The number of carbonyl (C=O) groups is 1. The Hall–Kier alpha value is -1.62. The summed E-state index contributed by atoms with van der Waals surface area (Å²) in [4.78, 5) is 13.9. The van der Waals surface area contributed by atoms with Crippen molar-refractivity contribution in [1.29, 1.82) is 0 Å². The van der Waals surface area contributed by atoms with Gasteiger partial charge in [-0.3, -0.25) is 4.79 Å². The SMILES string of the molecule is COc1ccc(N2C(=O)CC3NCCCC32)cc1F. The van der Waals surface area contributed by atoms with Crippen molar-refractivity contribution >= 4 is 11.6 Å². The first-order valence-electron chi connectivity index (χ1n) is 6.59. The Bertz CT molecular complexity index is 506. The summed E-state index contributed by atoms with van der Waals surface area (Å²) in [6.45, 7) is 0.958. The maximum absolute atomic E-state index is 13.8. The lowest BCUT2D eigenvalue weighted by Gasteiger charge is -2.32. The summed E-state index contributed by atoms with van der Waals surface area (Å²) in [5.41, 5.74) is 0.625. The smallest absolute Gasteiger partial charge is 0.228 e. The molecule has 102 valence electrons. The average molecular weight is 264 g/mol. The molecule has 4 nitrogen and oxygen atoms in total. The largest absolute Gasteiger partial charge is 0.494 e. The van der Waals surface area contributed by atoms with Crippen LogP contribution in [0, 0.1) is 5.82 Å². The Kier molecular flexibility index (Phi) is 3.14. The summed E-state index contributed by atoms with van der Waals surface area (Å²) in [5, 5.41) is 3.37. The van der Waals surface area contributed by atoms with E-state index in [0.29, 0.717) is 12.1 Å². The summed E-state index contributed by atoms with van der Waals surface area (Å²) in [7, 11) is 1.43. The van der Waals surface area contributed by atoms with E-state index in [4.69, 9.17) is 4.74 Å².